The maximum Gasteiger partial charge on any atom is 0.140 e. The van der Waals surface area contributed by atoms with Crippen LogP contribution in [0.25, 0.3) is 0 Å². The molecule has 1 aromatic rings. The molecule has 2 heterocycles. The summed E-state index contributed by atoms with van der Waals surface area (Å²) >= 11 is 6.71. The fourth-order valence-corrected chi connectivity index (χ4v) is 3.29. The van der Waals surface area contributed by atoms with Gasteiger partial charge in [0.2, 0.25) is 0 Å². The SMILES string of the molecule is CCn1cc(C[C@H]2SC(=S)N(C)[C@@H]2O)cn1. The molecule has 16 heavy (non-hydrogen) atoms. The third-order valence-corrected chi connectivity index (χ3v) is 4.50. The molecule has 2 rings (SSSR count). The number of hydrogen-bond donors (Lipinski definition) is 1. The Morgan fingerprint density at radius 3 is 2.88 bits per heavy atom. The molecule has 0 spiro atoms. The van der Waals surface area contributed by atoms with E-state index in [0.717, 1.165) is 22.8 Å². The summed E-state index contributed by atoms with van der Waals surface area (Å²) < 4.78 is 2.66. The van der Waals surface area contributed by atoms with Crippen LogP contribution in [0.1, 0.15) is 12.5 Å². The zero-order chi connectivity index (χ0) is 11.7. The van der Waals surface area contributed by atoms with E-state index in [1.807, 2.05) is 24.1 Å². The lowest BCUT2D eigenvalue weighted by Crippen LogP contribution is -2.33. The molecule has 88 valence electrons. The molecule has 1 aliphatic rings. The van der Waals surface area contributed by atoms with Gasteiger partial charge in [0, 0.05) is 19.8 Å². The largest absolute Gasteiger partial charge is 0.372 e. The number of aliphatic hydroxyl groups is 1. The number of thioether (sulfide) groups is 1. The highest BCUT2D eigenvalue weighted by Gasteiger charge is 2.34. The molecule has 1 saturated heterocycles. The van der Waals surface area contributed by atoms with E-state index in [2.05, 4.69) is 12.0 Å². The van der Waals surface area contributed by atoms with Gasteiger partial charge in [0.25, 0.3) is 0 Å². The fourth-order valence-electron chi connectivity index (χ4n) is 1.70. The van der Waals surface area contributed by atoms with Crippen molar-refractivity contribution < 1.29 is 5.11 Å². The average Bonchev–Trinajstić information content (AvgIpc) is 2.81. The van der Waals surface area contributed by atoms with E-state index in [-0.39, 0.29) is 5.25 Å². The number of nitrogens with zero attached hydrogens (tertiary/aromatic N) is 3. The van der Waals surface area contributed by atoms with E-state index in [1.54, 1.807) is 16.7 Å². The number of thiocarbonyl (C=S) groups is 1. The average molecular weight is 257 g/mol. The van der Waals surface area contributed by atoms with Crippen molar-refractivity contribution in [3.05, 3.63) is 18.0 Å². The second kappa shape index (κ2) is 4.73. The van der Waals surface area contributed by atoms with Crippen LogP contribution in [-0.4, -0.2) is 42.6 Å². The first-order chi connectivity index (χ1) is 7.61. The fraction of sp³-hybridized carbons (Fsp3) is 0.600. The summed E-state index contributed by atoms with van der Waals surface area (Å²) in [5.74, 6) is 0. The van der Waals surface area contributed by atoms with Crippen LogP contribution in [0, 0.1) is 0 Å². The summed E-state index contributed by atoms with van der Waals surface area (Å²) in [6.45, 7) is 2.93. The summed E-state index contributed by atoms with van der Waals surface area (Å²) in [7, 11) is 1.83. The van der Waals surface area contributed by atoms with Crippen LogP contribution in [0.3, 0.4) is 0 Å². The number of aliphatic hydroxyl groups excluding tert-OH is 1. The molecule has 1 fully saturated rings. The van der Waals surface area contributed by atoms with Gasteiger partial charge in [-0.05, 0) is 18.9 Å². The monoisotopic (exact) mass is 257 g/mol. The van der Waals surface area contributed by atoms with Crippen LogP contribution in [0.5, 0.6) is 0 Å². The molecule has 6 heteroatoms. The Morgan fingerprint density at radius 2 is 2.38 bits per heavy atom. The van der Waals surface area contributed by atoms with Crippen molar-refractivity contribution in [1.82, 2.24) is 14.7 Å². The summed E-state index contributed by atoms with van der Waals surface area (Å²) in [5.41, 5.74) is 1.15. The lowest BCUT2D eigenvalue weighted by molar-refractivity contribution is 0.0771. The Hall–Kier alpha value is -0.590. The molecule has 0 amide bonds. The summed E-state index contributed by atoms with van der Waals surface area (Å²) in [5, 5.41) is 14.3. The molecule has 1 aliphatic heterocycles. The quantitative estimate of drug-likeness (QED) is 0.821. The van der Waals surface area contributed by atoms with Crippen molar-refractivity contribution in [3.63, 3.8) is 0 Å². The van der Waals surface area contributed by atoms with E-state index in [9.17, 15) is 5.11 Å². The van der Waals surface area contributed by atoms with Gasteiger partial charge in [0.15, 0.2) is 0 Å². The maximum absolute atomic E-state index is 9.94. The molecule has 0 aliphatic carbocycles. The predicted octanol–water partition coefficient (Wildman–Crippen LogP) is 1.10. The highest BCUT2D eigenvalue weighted by molar-refractivity contribution is 8.23. The van der Waals surface area contributed by atoms with E-state index in [1.165, 1.54) is 0 Å². The van der Waals surface area contributed by atoms with E-state index in [4.69, 9.17) is 12.2 Å². The zero-order valence-electron chi connectivity index (χ0n) is 9.33. The highest BCUT2D eigenvalue weighted by atomic mass is 32.2. The molecule has 2 atom stereocenters. The Morgan fingerprint density at radius 1 is 1.62 bits per heavy atom. The Bertz CT molecular complexity index is 393. The summed E-state index contributed by atoms with van der Waals surface area (Å²) in [6, 6.07) is 0. The van der Waals surface area contributed by atoms with Crippen molar-refractivity contribution in [2.45, 2.75) is 31.4 Å². The standard InChI is InChI=1S/C10H15N3OS2/c1-3-13-6-7(5-11-13)4-8-9(14)12(2)10(15)16-8/h5-6,8-9,14H,3-4H2,1-2H3/t8-,9-/m1/s1. The second-order valence-corrected chi connectivity index (χ2v) is 5.73. The summed E-state index contributed by atoms with van der Waals surface area (Å²) in [4.78, 5) is 1.74. The third-order valence-electron chi connectivity index (χ3n) is 2.72. The van der Waals surface area contributed by atoms with Crippen molar-refractivity contribution in [2.24, 2.45) is 0 Å². The first kappa shape index (κ1) is 11.9. The summed E-state index contributed by atoms with van der Waals surface area (Å²) in [6.07, 6.45) is 4.20. The molecule has 0 aromatic carbocycles. The van der Waals surface area contributed by atoms with Crippen LogP contribution in [0.2, 0.25) is 0 Å². The normalized spacial score (nSPS) is 25.4. The maximum atomic E-state index is 9.94. The minimum absolute atomic E-state index is 0.118. The molecule has 1 aromatic heterocycles. The Labute approximate surface area is 105 Å². The van der Waals surface area contributed by atoms with Gasteiger partial charge >= 0.3 is 0 Å². The third kappa shape index (κ3) is 2.23. The smallest absolute Gasteiger partial charge is 0.140 e. The number of rotatable bonds is 3. The van der Waals surface area contributed by atoms with E-state index in [0.29, 0.717) is 0 Å². The molecular weight excluding hydrogens is 242 g/mol. The van der Waals surface area contributed by atoms with E-state index < -0.39 is 6.23 Å². The molecule has 0 bridgehead atoms. The predicted molar refractivity (Wildman–Crippen MR) is 69.4 cm³/mol. The second-order valence-electron chi connectivity index (χ2n) is 3.86. The van der Waals surface area contributed by atoms with Crippen LogP contribution >= 0.6 is 24.0 Å². The van der Waals surface area contributed by atoms with Gasteiger partial charge in [-0.2, -0.15) is 5.10 Å². The highest BCUT2D eigenvalue weighted by Crippen LogP contribution is 2.31. The van der Waals surface area contributed by atoms with Gasteiger partial charge in [0.1, 0.15) is 10.5 Å². The first-order valence-corrected chi connectivity index (χ1v) is 6.53. The van der Waals surface area contributed by atoms with Gasteiger partial charge in [-0.25, -0.2) is 0 Å². The number of hydrogen-bond acceptors (Lipinski definition) is 4. The molecule has 0 unspecified atom stereocenters. The number of aryl methyl sites for hydroxylation is 1. The Balaban J connectivity index is 2.02. The molecule has 1 N–H and O–H groups in total. The van der Waals surface area contributed by atoms with Gasteiger partial charge in [-0.1, -0.05) is 24.0 Å². The lowest BCUT2D eigenvalue weighted by Gasteiger charge is -2.17. The zero-order valence-corrected chi connectivity index (χ0v) is 11.0. The van der Waals surface area contributed by atoms with Crippen molar-refractivity contribution in [1.29, 1.82) is 0 Å². The van der Waals surface area contributed by atoms with Gasteiger partial charge < -0.3 is 10.0 Å². The minimum Gasteiger partial charge on any atom is -0.372 e. The molecule has 0 saturated carbocycles. The van der Waals surface area contributed by atoms with E-state index >= 15 is 0 Å². The van der Waals surface area contributed by atoms with Gasteiger partial charge in [-0.3, -0.25) is 4.68 Å². The molecule has 0 radical (unpaired) electrons. The number of aromatic nitrogens is 2. The van der Waals surface area contributed by atoms with Gasteiger partial charge in [-0.15, -0.1) is 0 Å². The van der Waals surface area contributed by atoms with Crippen LogP contribution < -0.4 is 0 Å². The van der Waals surface area contributed by atoms with Crippen molar-refractivity contribution >= 4 is 28.3 Å². The minimum atomic E-state index is -0.484. The van der Waals surface area contributed by atoms with Crippen molar-refractivity contribution in [2.75, 3.05) is 7.05 Å². The van der Waals surface area contributed by atoms with Crippen LogP contribution in [0.4, 0.5) is 0 Å². The van der Waals surface area contributed by atoms with Crippen molar-refractivity contribution in [3.8, 4) is 0 Å². The van der Waals surface area contributed by atoms with Crippen LogP contribution in [-0.2, 0) is 13.0 Å². The molecular formula is C10H15N3OS2. The van der Waals surface area contributed by atoms with Gasteiger partial charge in [0.05, 0.1) is 11.4 Å². The molecule has 4 nitrogen and oxygen atoms in total. The topological polar surface area (TPSA) is 41.3 Å². The lowest BCUT2D eigenvalue weighted by atomic mass is 10.2. The van der Waals surface area contributed by atoms with Crippen LogP contribution in [0.15, 0.2) is 12.4 Å². The Kier molecular flexibility index (Phi) is 3.51. The first-order valence-electron chi connectivity index (χ1n) is 5.24.